The van der Waals surface area contributed by atoms with Crippen molar-refractivity contribution in [3.8, 4) is 5.75 Å². The Balaban J connectivity index is 2.27. The van der Waals surface area contributed by atoms with Crippen LogP contribution in [0.4, 0.5) is 5.69 Å². The van der Waals surface area contributed by atoms with Crippen LogP contribution in [0.15, 0.2) is 18.2 Å². The maximum Gasteiger partial charge on any atom is 0.159 e. The number of benzene rings is 1. The lowest BCUT2D eigenvalue weighted by Gasteiger charge is -2.35. The summed E-state index contributed by atoms with van der Waals surface area (Å²) in [5, 5.41) is 0. The molecule has 0 saturated carbocycles. The van der Waals surface area contributed by atoms with Crippen molar-refractivity contribution in [3.05, 3.63) is 23.8 Å². The van der Waals surface area contributed by atoms with Crippen LogP contribution in [0.1, 0.15) is 24.2 Å². The van der Waals surface area contributed by atoms with E-state index in [0.717, 1.165) is 36.6 Å². The summed E-state index contributed by atoms with van der Waals surface area (Å²) in [6.07, 6.45) is 0.179. The zero-order valence-electron chi connectivity index (χ0n) is 12.1. The van der Waals surface area contributed by atoms with E-state index in [1.165, 1.54) is 0 Å². The highest BCUT2D eigenvalue weighted by Crippen LogP contribution is 2.34. The van der Waals surface area contributed by atoms with Crippen LogP contribution in [-0.4, -0.2) is 50.5 Å². The van der Waals surface area contributed by atoms with Gasteiger partial charge in [-0.05, 0) is 46.1 Å². The van der Waals surface area contributed by atoms with Crippen molar-refractivity contribution in [1.82, 2.24) is 4.90 Å². The molecule has 0 radical (unpaired) electrons. The number of fused-ring (bicyclic) bond motifs is 1. The minimum Gasteiger partial charge on any atom is -0.487 e. The van der Waals surface area contributed by atoms with Crippen molar-refractivity contribution in [1.29, 1.82) is 0 Å². The Kier molecular flexibility index (Phi) is 4.10. The topological polar surface area (TPSA) is 32.8 Å². The summed E-state index contributed by atoms with van der Waals surface area (Å²) < 4.78 is 5.84. The smallest absolute Gasteiger partial charge is 0.159 e. The monoisotopic (exact) mass is 262 g/mol. The Hall–Kier alpha value is -1.55. The van der Waals surface area contributed by atoms with E-state index < -0.39 is 0 Å². The van der Waals surface area contributed by atoms with E-state index in [1.54, 1.807) is 6.92 Å². The van der Waals surface area contributed by atoms with Crippen LogP contribution in [0.2, 0.25) is 0 Å². The molecule has 0 spiro atoms. The molecule has 1 aliphatic heterocycles. The van der Waals surface area contributed by atoms with Crippen molar-refractivity contribution in [2.75, 3.05) is 38.6 Å². The van der Waals surface area contributed by atoms with Gasteiger partial charge in [0.1, 0.15) is 11.9 Å². The molecule has 104 valence electrons. The molecule has 1 aromatic rings. The van der Waals surface area contributed by atoms with Crippen LogP contribution in [0, 0.1) is 0 Å². The number of nitrogens with zero attached hydrogens (tertiary/aromatic N) is 2. The Morgan fingerprint density at radius 1 is 1.47 bits per heavy atom. The van der Waals surface area contributed by atoms with Gasteiger partial charge in [0.15, 0.2) is 5.78 Å². The lowest BCUT2D eigenvalue weighted by Crippen LogP contribution is -2.41. The quantitative estimate of drug-likeness (QED) is 0.777. The predicted molar refractivity (Wildman–Crippen MR) is 77.3 cm³/mol. The van der Waals surface area contributed by atoms with Gasteiger partial charge in [0, 0.05) is 18.7 Å². The molecule has 4 heteroatoms. The molecule has 0 amide bonds. The van der Waals surface area contributed by atoms with Gasteiger partial charge < -0.3 is 14.5 Å². The van der Waals surface area contributed by atoms with Crippen LogP contribution in [0.3, 0.4) is 0 Å². The van der Waals surface area contributed by atoms with E-state index in [4.69, 9.17) is 4.74 Å². The highest BCUT2D eigenvalue weighted by Gasteiger charge is 2.23. The molecule has 1 aromatic carbocycles. The molecular weight excluding hydrogens is 240 g/mol. The fourth-order valence-electron chi connectivity index (χ4n) is 2.28. The van der Waals surface area contributed by atoms with Gasteiger partial charge in [-0.15, -0.1) is 0 Å². The second-order valence-corrected chi connectivity index (χ2v) is 5.42. The van der Waals surface area contributed by atoms with E-state index in [2.05, 4.69) is 30.8 Å². The van der Waals surface area contributed by atoms with Crippen LogP contribution in [0.5, 0.6) is 5.75 Å². The Morgan fingerprint density at radius 2 is 2.21 bits per heavy atom. The summed E-state index contributed by atoms with van der Waals surface area (Å²) in [5.41, 5.74) is 1.78. The number of hydrogen-bond acceptors (Lipinski definition) is 4. The van der Waals surface area contributed by atoms with Crippen molar-refractivity contribution in [3.63, 3.8) is 0 Å². The van der Waals surface area contributed by atoms with Crippen molar-refractivity contribution >= 4 is 11.5 Å². The number of rotatable bonds is 4. The first kappa shape index (κ1) is 13.9. The van der Waals surface area contributed by atoms with Crippen LogP contribution < -0.4 is 9.64 Å². The van der Waals surface area contributed by atoms with E-state index in [1.807, 2.05) is 18.2 Å². The highest BCUT2D eigenvalue weighted by atomic mass is 16.5. The van der Waals surface area contributed by atoms with Crippen molar-refractivity contribution in [2.24, 2.45) is 0 Å². The van der Waals surface area contributed by atoms with Gasteiger partial charge in [-0.1, -0.05) is 0 Å². The second kappa shape index (κ2) is 5.61. The number of Topliss-reactive ketones (excluding diaryl/α,β-unsaturated/α-hetero) is 1. The molecule has 19 heavy (non-hydrogen) atoms. The van der Waals surface area contributed by atoms with Gasteiger partial charge in [-0.3, -0.25) is 4.79 Å². The zero-order valence-corrected chi connectivity index (χ0v) is 12.1. The fourth-order valence-corrected chi connectivity index (χ4v) is 2.28. The third kappa shape index (κ3) is 3.26. The third-order valence-electron chi connectivity index (χ3n) is 3.33. The van der Waals surface area contributed by atoms with Gasteiger partial charge in [-0.2, -0.15) is 0 Å². The first-order chi connectivity index (χ1) is 8.97. The second-order valence-electron chi connectivity index (χ2n) is 5.42. The van der Waals surface area contributed by atoms with E-state index in [-0.39, 0.29) is 11.9 Å². The predicted octanol–water partition coefficient (Wildman–Crippen LogP) is 2.04. The van der Waals surface area contributed by atoms with Gasteiger partial charge in [0.25, 0.3) is 0 Å². The summed E-state index contributed by atoms with van der Waals surface area (Å²) in [6, 6.07) is 5.69. The van der Waals surface area contributed by atoms with E-state index in [9.17, 15) is 4.79 Å². The molecule has 1 unspecified atom stereocenters. The fraction of sp³-hybridized carbons (Fsp3) is 0.533. The summed E-state index contributed by atoms with van der Waals surface area (Å²) in [7, 11) is 4.13. The molecule has 0 bridgehead atoms. The first-order valence-electron chi connectivity index (χ1n) is 6.68. The molecule has 1 aliphatic rings. The molecule has 0 N–H and O–H groups in total. The molecule has 1 atom stereocenters. The molecule has 1 heterocycles. The van der Waals surface area contributed by atoms with E-state index >= 15 is 0 Å². The minimum atomic E-state index is 0.0916. The van der Waals surface area contributed by atoms with E-state index in [0.29, 0.717) is 0 Å². The number of carbonyl (C=O) groups is 1. The summed E-state index contributed by atoms with van der Waals surface area (Å²) in [6.45, 7) is 6.45. The number of ether oxygens (including phenoxy) is 1. The summed E-state index contributed by atoms with van der Waals surface area (Å²) in [4.78, 5) is 16.0. The Morgan fingerprint density at radius 3 is 2.84 bits per heavy atom. The van der Waals surface area contributed by atoms with Crippen LogP contribution in [0.25, 0.3) is 0 Å². The lowest BCUT2D eigenvalue weighted by molar-refractivity contribution is 0.101. The number of ketones is 1. The Labute approximate surface area is 115 Å². The number of anilines is 1. The van der Waals surface area contributed by atoms with Gasteiger partial charge >= 0.3 is 0 Å². The maximum atomic E-state index is 11.5. The normalized spacial score (nSPS) is 18.2. The van der Waals surface area contributed by atoms with Gasteiger partial charge in [-0.25, -0.2) is 0 Å². The van der Waals surface area contributed by atoms with Crippen molar-refractivity contribution in [2.45, 2.75) is 20.0 Å². The SMILES string of the molecule is CC(=O)c1ccc2c(c1)N(CCN(C)C)CC(C)O2. The molecule has 0 aliphatic carbocycles. The summed E-state index contributed by atoms with van der Waals surface area (Å²) >= 11 is 0. The minimum absolute atomic E-state index is 0.0916. The molecular formula is C15H22N2O2. The maximum absolute atomic E-state index is 11.5. The number of likely N-dealkylation sites (N-methyl/N-ethyl adjacent to an activating group) is 1. The Bertz CT molecular complexity index is 471. The lowest BCUT2D eigenvalue weighted by atomic mass is 10.1. The summed E-state index contributed by atoms with van der Waals surface area (Å²) in [5.74, 6) is 0.969. The standard InChI is InChI=1S/C15H22N2O2/c1-11-10-17(8-7-16(3)4)14-9-13(12(2)18)5-6-15(14)19-11/h5-6,9,11H,7-8,10H2,1-4H3. The molecule has 0 saturated heterocycles. The average molecular weight is 262 g/mol. The molecule has 0 aromatic heterocycles. The van der Waals surface area contributed by atoms with Crippen LogP contribution >= 0.6 is 0 Å². The average Bonchev–Trinajstić information content (AvgIpc) is 2.35. The van der Waals surface area contributed by atoms with Gasteiger partial charge in [0.2, 0.25) is 0 Å². The third-order valence-corrected chi connectivity index (χ3v) is 3.33. The molecule has 2 rings (SSSR count). The van der Waals surface area contributed by atoms with Gasteiger partial charge in [0.05, 0.1) is 12.2 Å². The largest absolute Gasteiger partial charge is 0.487 e. The number of hydrogen-bond donors (Lipinski definition) is 0. The van der Waals surface area contributed by atoms with Crippen LogP contribution in [-0.2, 0) is 0 Å². The first-order valence-corrected chi connectivity index (χ1v) is 6.68. The molecule has 0 fully saturated rings. The molecule has 4 nitrogen and oxygen atoms in total. The highest BCUT2D eigenvalue weighted by molar-refractivity contribution is 5.95. The zero-order chi connectivity index (χ0) is 14.0. The number of carbonyl (C=O) groups excluding carboxylic acids is 1. The van der Waals surface area contributed by atoms with Crippen molar-refractivity contribution < 1.29 is 9.53 Å².